The van der Waals surface area contributed by atoms with Crippen molar-refractivity contribution in [1.29, 1.82) is 0 Å². The molecule has 6 nitrogen and oxygen atoms in total. The second-order valence-corrected chi connectivity index (χ2v) is 8.16. The van der Waals surface area contributed by atoms with E-state index in [9.17, 15) is 9.59 Å². The van der Waals surface area contributed by atoms with Gasteiger partial charge in [-0.15, -0.1) is 11.3 Å². The minimum Gasteiger partial charge on any atom is -0.459 e. The lowest BCUT2D eigenvalue weighted by atomic mass is 9.95. The van der Waals surface area contributed by atoms with Crippen molar-refractivity contribution in [2.75, 3.05) is 5.32 Å². The fraction of sp³-hybridized carbons (Fsp3) is 0.304. The standard InChI is InChI=1S/C23H25N3O3S/c1-5-15(4)16-6-8-17(9-7-16)18-13-30-22(20(18)23(28)29-14(2)3)26-21(27)19-12-24-10-11-25-19/h6-15H,5H2,1-4H3,(H,26,27)/t15-/m0/s1. The lowest BCUT2D eigenvalue weighted by Gasteiger charge is -2.13. The van der Waals surface area contributed by atoms with Gasteiger partial charge in [-0.25, -0.2) is 9.78 Å². The number of nitrogens with one attached hydrogen (secondary N) is 1. The van der Waals surface area contributed by atoms with Crippen LogP contribution in [0.3, 0.4) is 0 Å². The summed E-state index contributed by atoms with van der Waals surface area (Å²) in [5, 5.41) is 5.08. The van der Waals surface area contributed by atoms with Gasteiger partial charge >= 0.3 is 5.97 Å². The number of anilines is 1. The van der Waals surface area contributed by atoms with E-state index in [1.807, 2.05) is 17.5 Å². The van der Waals surface area contributed by atoms with Crippen molar-refractivity contribution >= 4 is 28.2 Å². The number of rotatable bonds is 7. The summed E-state index contributed by atoms with van der Waals surface area (Å²) in [5.41, 5.74) is 3.40. The Labute approximate surface area is 180 Å². The van der Waals surface area contributed by atoms with Gasteiger partial charge in [0.1, 0.15) is 16.3 Å². The molecular weight excluding hydrogens is 398 g/mol. The van der Waals surface area contributed by atoms with Gasteiger partial charge in [0.15, 0.2) is 0 Å². The van der Waals surface area contributed by atoms with Crippen LogP contribution in [0.15, 0.2) is 48.2 Å². The van der Waals surface area contributed by atoms with Gasteiger partial charge in [0, 0.05) is 23.3 Å². The summed E-state index contributed by atoms with van der Waals surface area (Å²) in [7, 11) is 0. The number of nitrogens with zero attached hydrogens (tertiary/aromatic N) is 2. The van der Waals surface area contributed by atoms with E-state index in [4.69, 9.17) is 4.74 Å². The number of thiophene rings is 1. The zero-order valence-corrected chi connectivity index (χ0v) is 18.3. The molecule has 2 heterocycles. The molecule has 3 rings (SSSR count). The number of ether oxygens (including phenoxy) is 1. The van der Waals surface area contributed by atoms with Crippen LogP contribution in [-0.2, 0) is 4.74 Å². The first-order valence-electron chi connectivity index (χ1n) is 9.90. The number of hydrogen-bond donors (Lipinski definition) is 1. The zero-order chi connectivity index (χ0) is 21.7. The van der Waals surface area contributed by atoms with E-state index in [1.165, 1.54) is 35.5 Å². The van der Waals surface area contributed by atoms with Gasteiger partial charge in [-0.2, -0.15) is 0 Å². The number of aromatic nitrogens is 2. The fourth-order valence-electron chi connectivity index (χ4n) is 2.95. The van der Waals surface area contributed by atoms with Gasteiger partial charge in [0.25, 0.3) is 5.91 Å². The Balaban J connectivity index is 1.97. The average Bonchev–Trinajstić information content (AvgIpc) is 3.17. The van der Waals surface area contributed by atoms with Crippen molar-refractivity contribution < 1.29 is 14.3 Å². The van der Waals surface area contributed by atoms with Crippen LogP contribution in [-0.4, -0.2) is 27.9 Å². The van der Waals surface area contributed by atoms with E-state index in [-0.39, 0.29) is 11.8 Å². The molecule has 30 heavy (non-hydrogen) atoms. The summed E-state index contributed by atoms with van der Waals surface area (Å²) >= 11 is 1.28. The Morgan fingerprint density at radius 1 is 1.13 bits per heavy atom. The topological polar surface area (TPSA) is 81.2 Å². The van der Waals surface area contributed by atoms with Gasteiger partial charge in [-0.05, 0) is 37.3 Å². The van der Waals surface area contributed by atoms with Gasteiger partial charge in [0.05, 0.1) is 12.3 Å². The predicted molar refractivity (Wildman–Crippen MR) is 119 cm³/mol. The Morgan fingerprint density at radius 2 is 1.87 bits per heavy atom. The Morgan fingerprint density at radius 3 is 2.47 bits per heavy atom. The first-order valence-corrected chi connectivity index (χ1v) is 10.8. The van der Waals surface area contributed by atoms with E-state index in [1.54, 1.807) is 13.8 Å². The second kappa shape index (κ2) is 9.63. The Kier molecular flexibility index (Phi) is 6.95. The van der Waals surface area contributed by atoms with Crippen LogP contribution in [0.5, 0.6) is 0 Å². The molecule has 156 valence electrons. The molecule has 1 amide bonds. The molecule has 2 aromatic heterocycles. The number of benzene rings is 1. The molecular formula is C23H25N3O3S. The van der Waals surface area contributed by atoms with Gasteiger partial charge < -0.3 is 10.1 Å². The van der Waals surface area contributed by atoms with Crippen LogP contribution in [0.4, 0.5) is 5.00 Å². The van der Waals surface area contributed by atoms with Crippen LogP contribution in [0.1, 0.15) is 66.4 Å². The zero-order valence-electron chi connectivity index (χ0n) is 17.5. The van der Waals surface area contributed by atoms with Crippen molar-refractivity contribution in [3.63, 3.8) is 0 Å². The number of carbonyl (C=O) groups excluding carboxylic acids is 2. The van der Waals surface area contributed by atoms with Crippen molar-refractivity contribution in [3.05, 3.63) is 65.1 Å². The van der Waals surface area contributed by atoms with Crippen molar-refractivity contribution in [2.24, 2.45) is 0 Å². The van der Waals surface area contributed by atoms with E-state index in [0.717, 1.165) is 17.5 Å². The average molecular weight is 424 g/mol. The van der Waals surface area contributed by atoms with Crippen LogP contribution >= 0.6 is 11.3 Å². The monoisotopic (exact) mass is 423 g/mol. The normalized spacial score (nSPS) is 11.9. The molecule has 3 aromatic rings. The molecule has 0 bridgehead atoms. The molecule has 7 heteroatoms. The summed E-state index contributed by atoms with van der Waals surface area (Å²) in [6.07, 6.45) is 5.10. The summed E-state index contributed by atoms with van der Waals surface area (Å²) < 4.78 is 5.45. The fourth-order valence-corrected chi connectivity index (χ4v) is 3.90. The van der Waals surface area contributed by atoms with E-state index in [0.29, 0.717) is 16.5 Å². The molecule has 0 aliphatic heterocycles. The molecule has 0 fully saturated rings. The number of amides is 1. The Bertz CT molecular complexity index is 1010. The van der Waals surface area contributed by atoms with Crippen molar-refractivity contribution in [2.45, 2.75) is 46.1 Å². The highest BCUT2D eigenvalue weighted by Gasteiger charge is 2.24. The minimum atomic E-state index is -0.471. The highest BCUT2D eigenvalue weighted by Crippen LogP contribution is 2.37. The maximum atomic E-state index is 12.9. The minimum absolute atomic E-state index is 0.175. The van der Waals surface area contributed by atoms with E-state index >= 15 is 0 Å². The first kappa shape index (κ1) is 21.6. The van der Waals surface area contributed by atoms with Gasteiger partial charge in [0.2, 0.25) is 0 Å². The number of hydrogen-bond acceptors (Lipinski definition) is 6. The Hall–Kier alpha value is -3.06. The highest BCUT2D eigenvalue weighted by molar-refractivity contribution is 7.15. The summed E-state index contributed by atoms with van der Waals surface area (Å²) in [6, 6.07) is 8.17. The maximum absolute atomic E-state index is 12.9. The van der Waals surface area contributed by atoms with Crippen molar-refractivity contribution in [1.82, 2.24) is 9.97 Å². The highest BCUT2D eigenvalue weighted by atomic mass is 32.1. The number of carbonyl (C=O) groups is 2. The third-order valence-electron chi connectivity index (χ3n) is 4.76. The lowest BCUT2D eigenvalue weighted by molar-refractivity contribution is 0.0380. The summed E-state index contributed by atoms with van der Waals surface area (Å²) in [5.74, 6) is -0.433. The predicted octanol–water partition coefficient (Wildman–Crippen LogP) is 5.54. The first-order chi connectivity index (χ1) is 14.4. The second-order valence-electron chi connectivity index (χ2n) is 7.28. The van der Waals surface area contributed by atoms with Gasteiger partial charge in [-0.1, -0.05) is 38.1 Å². The molecule has 0 radical (unpaired) electrons. The maximum Gasteiger partial charge on any atom is 0.342 e. The smallest absolute Gasteiger partial charge is 0.342 e. The van der Waals surface area contributed by atoms with Crippen LogP contribution in [0.25, 0.3) is 11.1 Å². The molecule has 0 aliphatic carbocycles. The van der Waals surface area contributed by atoms with Crippen molar-refractivity contribution in [3.8, 4) is 11.1 Å². The molecule has 1 N–H and O–H groups in total. The molecule has 1 aromatic carbocycles. The van der Waals surface area contributed by atoms with Crippen LogP contribution in [0.2, 0.25) is 0 Å². The van der Waals surface area contributed by atoms with E-state index < -0.39 is 11.9 Å². The van der Waals surface area contributed by atoms with Crippen LogP contribution < -0.4 is 5.32 Å². The summed E-state index contributed by atoms with van der Waals surface area (Å²) in [4.78, 5) is 33.4. The molecule has 1 atom stereocenters. The SMILES string of the molecule is CC[C@H](C)c1ccc(-c2csc(NC(=O)c3cnccn3)c2C(=O)OC(C)C)cc1. The molecule has 0 unspecified atom stereocenters. The molecule has 0 aliphatic rings. The number of esters is 1. The quantitative estimate of drug-likeness (QED) is 0.505. The summed E-state index contributed by atoms with van der Waals surface area (Å²) in [6.45, 7) is 7.93. The largest absolute Gasteiger partial charge is 0.459 e. The lowest BCUT2D eigenvalue weighted by Crippen LogP contribution is -2.17. The van der Waals surface area contributed by atoms with E-state index in [2.05, 4.69) is 41.3 Å². The molecule has 0 spiro atoms. The third kappa shape index (κ3) is 4.91. The molecule has 0 saturated carbocycles. The molecule has 0 saturated heterocycles. The third-order valence-corrected chi connectivity index (χ3v) is 5.66. The van der Waals surface area contributed by atoms with Crippen LogP contribution in [0, 0.1) is 0 Å². The van der Waals surface area contributed by atoms with Gasteiger partial charge in [-0.3, -0.25) is 9.78 Å².